The summed E-state index contributed by atoms with van der Waals surface area (Å²) in [7, 11) is 0. The molecule has 0 saturated carbocycles. The van der Waals surface area contributed by atoms with Crippen LogP contribution in [0, 0.1) is 13.8 Å². The molecule has 3 aromatic carbocycles. The zero-order valence-corrected chi connectivity index (χ0v) is 15.9. The normalized spacial score (nSPS) is 15.5. The number of cyclic esters (lactones) is 1. The zero-order valence-electron chi connectivity index (χ0n) is 15.9. The molecule has 4 rings (SSSR count). The lowest BCUT2D eigenvalue weighted by atomic mass is 9.92. The van der Waals surface area contributed by atoms with Gasteiger partial charge in [-0.15, -0.1) is 0 Å². The van der Waals surface area contributed by atoms with Gasteiger partial charge in [0.2, 0.25) is 0 Å². The van der Waals surface area contributed by atoms with Crippen LogP contribution >= 0.6 is 0 Å². The summed E-state index contributed by atoms with van der Waals surface area (Å²) in [6.07, 6.45) is 0.214. The smallest absolute Gasteiger partial charge is 0.339 e. The van der Waals surface area contributed by atoms with Crippen LogP contribution in [0.2, 0.25) is 0 Å². The number of nitrogens with one attached hydrogen (secondary N) is 1. The molecule has 28 heavy (non-hydrogen) atoms. The summed E-state index contributed by atoms with van der Waals surface area (Å²) in [6.45, 7) is 3.97. The molecule has 1 N–H and O–H groups in total. The largest absolute Gasteiger partial charge is 0.454 e. The predicted molar refractivity (Wildman–Crippen MR) is 109 cm³/mol. The number of hydrogen-bond acceptors (Lipinski definition) is 3. The molecule has 0 radical (unpaired) electrons. The Morgan fingerprint density at radius 3 is 2.50 bits per heavy atom. The Balaban J connectivity index is 1.60. The van der Waals surface area contributed by atoms with Crippen molar-refractivity contribution in [1.82, 2.24) is 0 Å². The van der Waals surface area contributed by atoms with E-state index in [2.05, 4.69) is 5.32 Å². The number of para-hydroxylation sites is 1. The Labute approximate surface area is 164 Å². The molecular weight excluding hydrogens is 350 g/mol. The highest BCUT2D eigenvalue weighted by Crippen LogP contribution is 2.31. The van der Waals surface area contributed by atoms with Crippen LogP contribution in [0.4, 0.5) is 5.69 Å². The fourth-order valence-electron chi connectivity index (χ4n) is 3.41. The molecule has 0 spiro atoms. The van der Waals surface area contributed by atoms with E-state index < -0.39 is 0 Å². The van der Waals surface area contributed by atoms with Gasteiger partial charge in [-0.3, -0.25) is 4.79 Å². The van der Waals surface area contributed by atoms with Crippen LogP contribution < -0.4 is 5.32 Å². The van der Waals surface area contributed by atoms with Crippen molar-refractivity contribution in [2.24, 2.45) is 0 Å². The van der Waals surface area contributed by atoms with Crippen LogP contribution in [0.25, 0.3) is 0 Å². The van der Waals surface area contributed by atoms with Gasteiger partial charge >= 0.3 is 5.97 Å². The van der Waals surface area contributed by atoms with E-state index in [-0.39, 0.29) is 18.0 Å². The number of esters is 1. The Morgan fingerprint density at radius 2 is 1.75 bits per heavy atom. The van der Waals surface area contributed by atoms with E-state index in [1.165, 1.54) is 0 Å². The van der Waals surface area contributed by atoms with Crippen LogP contribution in [-0.2, 0) is 11.2 Å². The molecule has 0 saturated heterocycles. The Kier molecular flexibility index (Phi) is 4.70. The fourth-order valence-corrected chi connectivity index (χ4v) is 3.41. The van der Waals surface area contributed by atoms with Crippen LogP contribution in [0.15, 0.2) is 66.7 Å². The number of carbonyl (C=O) groups excluding carboxylic acids is 2. The molecule has 0 bridgehead atoms. The van der Waals surface area contributed by atoms with E-state index in [1.54, 1.807) is 18.2 Å². The van der Waals surface area contributed by atoms with Crippen molar-refractivity contribution in [3.05, 3.63) is 100 Å². The van der Waals surface area contributed by atoms with Crippen LogP contribution in [0.5, 0.6) is 0 Å². The van der Waals surface area contributed by atoms with Crippen molar-refractivity contribution in [2.45, 2.75) is 26.4 Å². The number of carbonyl (C=O) groups is 2. The van der Waals surface area contributed by atoms with Crippen LogP contribution in [0.1, 0.15) is 49.1 Å². The van der Waals surface area contributed by atoms with E-state index in [1.807, 2.05) is 62.4 Å². The van der Waals surface area contributed by atoms with E-state index in [0.29, 0.717) is 17.5 Å². The maximum Gasteiger partial charge on any atom is 0.339 e. The molecular formula is C24H21NO3. The molecule has 4 nitrogen and oxygen atoms in total. The summed E-state index contributed by atoms with van der Waals surface area (Å²) in [5.74, 6) is -0.541. The van der Waals surface area contributed by atoms with Gasteiger partial charge in [-0.05, 0) is 54.8 Å². The summed E-state index contributed by atoms with van der Waals surface area (Å²) >= 11 is 0. The monoisotopic (exact) mass is 371 g/mol. The molecule has 1 amide bonds. The van der Waals surface area contributed by atoms with Crippen molar-refractivity contribution in [1.29, 1.82) is 0 Å². The Morgan fingerprint density at radius 1 is 1.00 bits per heavy atom. The zero-order chi connectivity index (χ0) is 19.7. The number of hydrogen-bond donors (Lipinski definition) is 1. The van der Waals surface area contributed by atoms with Gasteiger partial charge in [-0.25, -0.2) is 4.79 Å². The average Bonchev–Trinajstić information content (AvgIpc) is 2.69. The third-order valence-electron chi connectivity index (χ3n) is 5.08. The van der Waals surface area contributed by atoms with E-state index in [9.17, 15) is 9.59 Å². The molecule has 140 valence electrons. The molecule has 1 atom stereocenters. The quantitative estimate of drug-likeness (QED) is 0.659. The number of fused-ring (bicyclic) bond motifs is 1. The van der Waals surface area contributed by atoms with Gasteiger partial charge in [-0.1, -0.05) is 48.0 Å². The fraction of sp³-hybridized carbons (Fsp3) is 0.167. The van der Waals surface area contributed by atoms with Gasteiger partial charge < -0.3 is 10.1 Å². The van der Waals surface area contributed by atoms with Crippen LogP contribution in [-0.4, -0.2) is 11.9 Å². The first-order valence-electron chi connectivity index (χ1n) is 9.29. The standard InChI is InChI=1S/C24H21NO3/c1-15-7-9-17(10-8-15)22-14-19-13-18(11-12-20(19)24(27)28-22)23(26)25-21-6-4-3-5-16(21)2/h3-13,22H,14H2,1-2H3,(H,25,26). The molecule has 1 heterocycles. The number of amides is 1. The second-order valence-corrected chi connectivity index (χ2v) is 7.15. The summed E-state index contributed by atoms with van der Waals surface area (Å²) in [6, 6.07) is 20.7. The topological polar surface area (TPSA) is 55.4 Å². The first-order valence-corrected chi connectivity index (χ1v) is 9.29. The molecule has 0 aliphatic carbocycles. The van der Waals surface area contributed by atoms with Crippen molar-refractivity contribution >= 4 is 17.6 Å². The third-order valence-corrected chi connectivity index (χ3v) is 5.08. The van der Waals surface area contributed by atoms with E-state index in [4.69, 9.17) is 4.74 Å². The minimum absolute atomic E-state index is 0.192. The average molecular weight is 371 g/mol. The van der Waals surface area contributed by atoms with Crippen molar-refractivity contribution < 1.29 is 14.3 Å². The van der Waals surface area contributed by atoms with Crippen molar-refractivity contribution in [3.63, 3.8) is 0 Å². The molecule has 1 aliphatic heterocycles. The molecule has 1 unspecified atom stereocenters. The maximum atomic E-state index is 12.7. The molecule has 1 aliphatic rings. The number of aryl methyl sites for hydroxylation is 2. The second-order valence-electron chi connectivity index (χ2n) is 7.15. The highest BCUT2D eigenvalue weighted by Gasteiger charge is 2.28. The first-order chi connectivity index (χ1) is 13.5. The molecule has 4 heteroatoms. The lowest BCUT2D eigenvalue weighted by Crippen LogP contribution is -2.23. The third kappa shape index (κ3) is 3.54. The summed E-state index contributed by atoms with van der Waals surface area (Å²) in [4.78, 5) is 25.1. The number of rotatable bonds is 3. The lowest BCUT2D eigenvalue weighted by Gasteiger charge is -2.25. The Hall–Kier alpha value is -3.40. The lowest BCUT2D eigenvalue weighted by molar-refractivity contribution is 0.0252. The van der Waals surface area contributed by atoms with Gasteiger partial charge in [0, 0.05) is 17.7 Å². The highest BCUT2D eigenvalue weighted by molar-refractivity contribution is 6.05. The summed E-state index contributed by atoms with van der Waals surface area (Å²) in [5.41, 5.74) is 5.77. The first kappa shape index (κ1) is 18.0. The summed E-state index contributed by atoms with van der Waals surface area (Å²) in [5, 5.41) is 2.94. The van der Waals surface area contributed by atoms with Crippen molar-refractivity contribution in [2.75, 3.05) is 5.32 Å². The molecule has 0 aromatic heterocycles. The number of benzene rings is 3. The van der Waals surface area contributed by atoms with Gasteiger partial charge in [0.1, 0.15) is 6.10 Å². The van der Waals surface area contributed by atoms with Gasteiger partial charge in [0.25, 0.3) is 5.91 Å². The van der Waals surface area contributed by atoms with E-state index >= 15 is 0 Å². The Bertz CT molecular complexity index is 1050. The highest BCUT2D eigenvalue weighted by atomic mass is 16.5. The van der Waals surface area contributed by atoms with Gasteiger partial charge in [0.15, 0.2) is 0 Å². The predicted octanol–water partition coefficient (Wildman–Crippen LogP) is 5.01. The molecule has 3 aromatic rings. The molecule has 0 fully saturated rings. The van der Waals surface area contributed by atoms with E-state index in [0.717, 1.165) is 27.9 Å². The van der Waals surface area contributed by atoms with Crippen molar-refractivity contribution in [3.8, 4) is 0 Å². The van der Waals surface area contributed by atoms with Gasteiger partial charge in [-0.2, -0.15) is 0 Å². The summed E-state index contributed by atoms with van der Waals surface area (Å²) < 4.78 is 5.61. The second kappa shape index (κ2) is 7.31. The minimum atomic E-state index is -0.349. The number of anilines is 1. The minimum Gasteiger partial charge on any atom is -0.454 e. The SMILES string of the molecule is Cc1ccc(C2Cc3cc(C(=O)Nc4ccccc4C)ccc3C(=O)O2)cc1. The van der Waals surface area contributed by atoms with Crippen LogP contribution in [0.3, 0.4) is 0 Å². The number of ether oxygens (including phenoxy) is 1. The van der Waals surface area contributed by atoms with Gasteiger partial charge in [0.05, 0.1) is 5.56 Å². The maximum absolute atomic E-state index is 12.7.